The number of hydrogen-bond donors (Lipinski definition) is 0. The molecule has 0 N–H and O–H groups in total. The van der Waals surface area contributed by atoms with Gasteiger partial charge in [0.05, 0.1) is 0 Å². The second-order valence-electron chi connectivity index (χ2n) is 4.63. The average molecular weight is 242 g/mol. The molecule has 2 aromatic rings. The summed E-state index contributed by atoms with van der Waals surface area (Å²) < 4.78 is 13.8. The lowest BCUT2D eigenvalue weighted by molar-refractivity contribution is 0.112. The summed E-state index contributed by atoms with van der Waals surface area (Å²) >= 11 is 0. The summed E-state index contributed by atoms with van der Waals surface area (Å²) in [6, 6.07) is 12.4. The Kier molecular flexibility index (Phi) is 3.56. The van der Waals surface area contributed by atoms with Gasteiger partial charge in [-0.05, 0) is 23.1 Å². The Hall–Kier alpha value is -1.96. The fourth-order valence-electron chi connectivity index (χ4n) is 1.89. The van der Waals surface area contributed by atoms with E-state index in [1.807, 2.05) is 24.3 Å². The largest absolute Gasteiger partial charge is 0.298 e. The van der Waals surface area contributed by atoms with Crippen molar-refractivity contribution in [1.29, 1.82) is 0 Å². The van der Waals surface area contributed by atoms with Crippen LogP contribution in [0.5, 0.6) is 0 Å². The summed E-state index contributed by atoms with van der Waals surface area (Å²) in [7, 11) is 0. The fourth-order valence-corrected chi connectivity index (χ4v) is 1.89. The zero-order valence-electron chi connectivity index (χ0n) is 10.5. The zero-order chi connectivity index (χ0) is 13.1. The number of benzene rings is 2. The van der Waals surface area contributed by atoms with Crippen LogP contribution in [0.1, 0.15) is 35.7 Å². The summed E-state index contributed by atoms with van der Waals surface area (Å²) in [4.78, 5) is 10.6. The van der Waals surface area contributed by atoms with Gasteiger partial charge in [0, 0.05) is 11.1 Å². The molecule has 0 aliphatic heterocycles. The minimum absolute atomic E-state index is 0.357. The molecule has 92 valence electrons. The lowest BCUT2D eigenvalue weighted by atomic mass is 9.98. The Balaban J connectivity index is 2.39. The number of carbonyl (C=O) groups is 1. The molecule has 1 nitrogen and oxygen atoms in total. The molecule has 0 unspecified atom stereocenters. The molecule has 0 fully saturated rings. The van der Waals surface area contributed by atoms with E-state index in [1.54, 1.807) is 12.1 Å². The molecule has 0 saturated carbocycles. The molecule has 0 atom stereocenters. The van der Waals surface area contributed by atoms with Crippen LogP contribution in [-0.2, 0) is 0 Å². The first-order chi connectivity index (χ1) is 8.61. The van der Waals surface area contributed by atoms with Crippen LogP contribution < -0.4 is 0 Å². The Bertz CT molecular complexity index is 556. The second-order valence-corrected chi connectivity index (χ2v) is 4.63. The van der Waals surface area contributed by atoms with Crippen molar-refractivity contribution in [2.24, 2.45) is 0 Å². The number of aldehydes is 1. The van der Waals surface area contributed by atoms with E-state index >= 15 is 0 Å². The van der Waals surface area contributed by atoms with Crippen molar-refractivity contribution < 1.29 is 9.18 Å². The average Bonchev–Trinajstić information content (AvgIpc) is 2.38. The minimum atomic E-state index is -0.364. The molecule has 0 radical (unpaired) electrons. The Labute approximate surface area is 106 Å². The highest BCUT2D eigenvalue weighted by molar-refractivity contribution is 5.77. The molecule has 0 amide bonds. The van der Waals surface area contributed by atoms with Gasteiger partial charge in [-0.1, -0.05) is 50.2 Å². The maximum Gasteiger partial charge on any atom is 0.150 e. The van der Waals surface area contributed by atoms with E-state index in [9.17, 15) is 9.18 Å². The standard InChI is InChI=1S/C16H15FO/c1-11(2)13-4-6-14(7-5-13)15-8-3-12(10-18)9-16(15)17/h3-11H,1-2H3. The van der Waals surface area contributed by atoms with E-state index in [-0.39, 0.29) is 5.82 Å². The molecular formula is C16H15FO. The quantitative estimate of drug-likeness (QED) is 0.728. The Morgan fingerprint density at radius 1 is 1.06 bits per heavy atom. The number of halogens is 1. The summed E-state index contributed by atoms with van der Waals surface area (Å²) in [5.41, 5.74) is 2.93. The van der Waals surface area contributed by atoms with Crippen LogP contribution in [0.15, 0.2) is 42.5 Å². The molecule has 0 bridgehead atoms. The van der Waals surface area contributed by atoms with Gasteiger partial charge in [-0.2, -0.15) is 0 Å². The summed E-state index contributed by atoms with van der Waals surface area (Å²) in [5.74, 6) is 0.0956. The van der Waals surface area contributed by atoms with E-state index in [1.165, 1.54) is 11.6 Å². The van der Waals surface area contributed by atoms with Crippen LogP contribution in [-0.4, -0.2) is 6.29 Å². The highest BCUT2D eigenvalue weighted by atomic mass is 19.1. The normalized spacial score (nSPS) is 10.7. The first kappa shape index (κ1) is 12.5. The third-order valence-electron chi connectivity index (χ3n) is 3.02. The van der Waals surface area contributed by atoms with Gasteiger partial charge in [0.15, 0.2) is 0 Å². The van der Waals surface area contributed by atoms with Crippen molar-refractivity contribution in [2.75, 3.05) is 0 Å². The fraction of sp³-hybridized carbons (Fsp3) is 0.188. The lowest BCUT2D eigenvalue weighted by Crippen LogP contribution is -1.90. The van der Waals surface area contributed by atoms with E-state index in [0.717, 1.165) is 5.56 Å². The molecule has 0 heterocycles. The second kappa shape index (κ2) is 5.13. The first-order valence-electron chi connectivity index (χ1n) is 5.97. The molecule has 2 heteroatoms. The Morgan fingerprint density at radius 3 is 2.22 bits per heavy atom. The molecule has 0 spiro atoms. The van der Waals surface area contributed by atoms with Gasteiger partial charge >= 0.3 is 0 Å². The molecule has 18 heavy (non-hydrogen) atoms. The van der Waals surface area contributed by atoms with Crippen molar-refractivity contribution in [1.82, 2.24) is 0 Å². The van der Waals surface area contributed by atoms with Gasteiger partial charge in [0.2, 0.25) is 0 Å². The van der Waals surface area contributed by atoms with Gasteiger partial charge in [0.25, 0.3) is 0 Å². The van der Waals surface area contributed by atoms with E-state index in [4.69, 9.17) is 0 Å². The highest BCUT2D eigenvalue weighted by Crippen LogP contribution is 2.25. The maximum atomic E-state index is 13.8. The SMILES string of the molecule is CC(C)c1ccc(-c2ccc(C=O)cc2F)cc1. The molecule has 0 aliphatic carbocycles. The van der Waals surface area contributed by atoms with E-state index in [2.05, 4.69) is 13.8 Å². The van der Waals surface area contributed by atoms with Gasteiger partial charge < -0.3 is 0 Å². The van der Waals surface area contributed by atoms with Crippen molar-refractivity contribution in [3.63, 3.8) is 0 Å². The summed E-state index contributed by atoms with van der Waals surface area (Å²) in [5, 5.41) is 0. The maximum absolute atomic E-state index is 13.8. The van der Waals surface area contributed by atoms with Crippen LogP contribution in [0.2, 0.25) is 0 Å². The van der Waals surface area contributed by atoms with Crippen molar-refractivity contribution in [3.8, 4) is 11.1 Å². The Morgan fingerprint density at radius 2 is 1.72 bits per heavy atom. The van der Waals surface area contributed by atoms with Gasteiger partial charge in [0.1, 0.15) is 12.1 Å². The monoisotopic (exact) mass is 242 g/mol. The van der Waals surface area contributed by atoms with Crippen LogP contribution in [0.3, 0.4) is 0 Å². The first-order valence-corrected chi connectivity index (χ1v) is 5.97. The number of carbonyl (C=O) groups excluding carboxylic acids is 1. The van der Waals surface area contributed by atoms with Gasteiger partial charge in [-0.3, -0.25) is 4.79 Å². The summed E-state index contributed by atoms with van der Waals surface area (Å²) in [6.45, 7) is 4.24. The minimum Gasteiger partial charge on any atom is -0.298 e. The molecule has 2 aromatic carbocycles. The topological polar surface area (TPSA) is 17.1 Å². The van der Waals surface area contributed by atoms with Gasteiger partial charge in [-0.25, -0.2) is 4.39 Å². The van der Waals surface area contributed by atoms with E-state index in [0.29, 0.717) is 23.3 Å². The smallest absolute Gasteiger partial charge is 0.150 e. The van der Waals surface area contributed by atoms with E-state index < -0.39 is 0 Å². The molecule has 0 aromatic heterocycles. The van der Waals surface area contributed by atoms with Crippen LogP contribution in [0.25, 0.3) is 11.1 Å². The number of hydrogen-bond acceptors (Lipinski definition) is 1. The predicted octanol–water partition coefficient (Wildman–Crippen LogP) is 4.43. The van der Waals surface area contributed by atoms with Crippen molar-refractivity contribution in [3.05, 3.63) is 59.4 Å². The predicted molar refractivity (Wildman–Crippen MR) is 71.3 cm³/mol. The third kappa shape index (κ3) is 2.48. The highest BCUT2D eigenvalue weighted by Gasteiger charge is 2.06. The summed E-state index contributed by atoms with van der Waals surface area (Å²) in [6.07, 6.45) is 0.648. The van der Waals surface area contributed by atoms with Crippen molar-refractivity contribution in [2.45, 2.75) is 19.8 Å². The molecule has 0 aliphatic rings. The molecule has 0 saturated heterocycles. The molecular weight excluding hydrogens is 227 g/mol. The van der Waals surface area contributed by atoms with Crippen molar-refractivity contribution >= 4 is 6.29 Å². The third-order valence-corrected chi connectivity index (χ3v) is 3.02. The molecule has 2 rings (SSSR count). The zero-order valence-corrected chi connectivity index (χ0v) is 10.5. The van der Waals surface area contributed by atoms with Crippen LogP contribution in [0, 0.1) is 5.82 Å². The number of rotatable bonds is 3. The van der Waals surface area contributed by atoms with Crippen LogP contribution in [0.4, 0.5) is 4.39 Å². The van der Waals surface area contributed by atoms with Gasteiger partial charge in [-0.15, -0.1) is 0 Å². The lowest BCUT2D eigenvalue weighted by Gasteiger charge is -2.08. The van der Waals surface area contributed by atoms with Crippen LogP contribution >= 0.6 is 0 Å².